The van der Waals surface area contributed by atoms with Crippen LogP contribution in [-0.2, 0) is 9.59 Å². The molecular formula is C5H5BF3N2O3-. The maximum atomic E-state index is 11.9. The molecule has 0 aromatic carbocycles. The number of rotatable bonds is 2. The summed E-state index contributed by atoms with van der Waals surface area (Å²) in [6.07, 6.45) is -1.67. The molecule has 0 aliphatic carbocycles. The predicted molar refractivity (Wildman–Crippen MR) is 39.0 cm³/mol. The summed E-state index contributed by atoms with van der Waals surface area (Å²) in [5.41, 5.74) is 0. The molecule has 0 N–H and O–H groups in total. The Bertz CT molecular complexity index is 316. The lowest BCUT2D eigenvalue weighted by Crippen LogP contribution is -2.42. The Morgan fingerprint density at radius 2 is 1.64 bits per heavy atom. The average Bonchev–Trinajstić information content (AvgIpc) is 2.20. The van der Waals surface area contributed by atoms with Crippen molar-refractivity contribution in [1.29, 1.82) is 0 Å². The summed E-state index contributed by atoms with van der Waals surface area (Å²) in [6.45, 7) is -5.31. The molecule has 0 bridgehead atoms. The largest absolute Gasteiger partial charge is 0.497 e. The zero-order chi connectivity index (χ0) is 11.1. The zero-order valence-electron chi connectivity index (χ0n) is 7.04. The molecule has 1 saturated heterocycles. The second kappa shape index (κ2) is 3.00. The molecule has 0 unspecified atom stereocenters. The highest BCUT2D eigenvalue weighted by atomic mass is 19.4. The van der Waals surface area contributed by atoms with Crippen LogP contribution in [0.15, 0.2) is 0 Å². The number of likely N-dealkylation sites (N-methyl/N-ethyl adjacent to an activating group) is 1. The maximum absolute atomic E-state index is 11.9. The fourth-order valence-electron chi connectivity index (χ4n) is 0.982. The molecule has 9 heteroatoms. The van der Waals surface area contributed by atoms with E-state index >= 15 is 0 Å². The van der Waals surface area contributed by atoms with E-state index in [-0.39, 0.29) is 4.90 Å². The van der Waals surface area contributed by atoms with E-state index in [9.17, 15) is 27.3 Å². The van der Waals surface area contributed by atoms with Gasteiger partial charge in [0.1, 0.15) is 0 Å². The van der Waals surface area contributed by atoms with Gasteiger partial charge in [-0.3, -0.25) is 19.4 Å². The van der Waals surface area contributed by atoms with Gasteiger partial charge in [0, 0.05) is 13.5 Å². The SMILES string of the molecule is CN1C(=O)C(=O)N(C[B-](F)(F)F)C1=O. The van der Waals surface area contributed by atoms with E-state index in [0.717, 1.165) is 7.05 Å². The standard InChI is InChI=1S/C5H5BF3N2O3/c1-10-3(12)4(13)11(5(10)14)2-6(7,8)9/h2H2,1H3/q-1. The molecule has 1 aliphatic heterocycles. The van der Waals surface area contributed by atoms with Crippen molar-refractivity contribution < 1.29 is 27.3 Å². The molecule has 0 aromatic heterocycles. The predicted octanol–water partition coefficient (Wildman–Crippen LogP) is -0.206. The van der Waals surface area contributed by atoms with Gasteiger partial charge in [-0.05, 0) is 0 Å². The minimum Gasteiger partial charge on any atom is -0.448 e. The van der Waals surface area contributed by atoms with Crippen molar-refractivity contribution >= 4 is 24.8 Å². The quantitative estimate of drug-likeness (QED) is 0.359. The third-order valence-electron chi connectivity index (χ3n) is 1.64. The number of hydrogen-bond donors (Lipinski definition) is 0. The van der Waals surface area contributed by atoms with Crippen LogP contribution in [0.25, 0.3) is 0 Å². The molecule has 0 atom stereocenters. The first-order chi connectivity index (χ1) is 6.24. The summed E-state index contributed by atoms with van der Waals surface area (Å²) in [4.78, 5) is 32.8. The van der Waals surface area contributed by atoms with Crippen LogP contribution < -0.4 is 0 Å². The third-order valence-corrected chi connectivity index (χ3v) is 1.64. The number of urea groups is 1. The Morgan fingerprint density at radius 1 is 1.14 bits per heavy atom. The molecule has 0 saturated carbocycles. The summed E-state index contributed by atoms with van der Waals surface area (Å²) >= 11 is 0. The van der Waals surface area contributed by atoms with E-state index in [1.165, 1.54) is 0 Å². The van der Waals surface area contributed by atoms with E-state index in [1.54, 1.807) is 0 Å². The van der Waals surface area contributed by atoms with Crippen molar-refractivity contribution in [2.75, 3.05) is 13.5 Å². The van der Waals surface area contributed by atoms with Crippen LogP contribution >= 0.6 is 0 Å². The Balaban J connectivity index is 2.86. The smallest absolute Gasteiger partial charge is 0.448 e. The van der Waals surface area contributed by atoms with Gasteiger partial charge in [0.25, 0.3) is 0 Å². The first kappa shape index (κ1) is 10.5. The van der Waals surface area contributed by atoms with Crippen LogP contribution in [0.3, 0.4) is 0 Å². The number of nitrogens with zero attached hydrogens (tertiary/aromatic N) is 2. The summed E-state index contributed by atoms with van der Waals surface area (Å²) < 4.78 is 35.7. The van der Waals surface area contributed by atoms with Gasteiger partial charge in [0.15, 0.2) is 0 Å². The van der Waals surface area contributed by atoms with E-state index < -0.39 is 31.3 Å². The molecule has 5 nitrogen and oxygen atoms in total. The lowest BCUT2D eigenvalue weighted by Gasteiger charge is -2.20. The monoisotopic (exact) mass is 209 g/mol. The Kier molecular flexibility index (Phi) is 2.26. The second-order valence-corrected chi connectivity index (χ2v) is 2.77. The number of amides is 4. The highest BCUT2D eigenvalue weighted by Crippen LogP contribution is 2.16. The van der Waals surface area contributed by atoms with Gasteiger partial charge >= 0.3 is 24.8 Å². The Hall–Kier alpha value is -1.54. The van der Waals surface area contributed by atoms with Crippen molar-refractivity contribution in [3.05, 3.63) is 0 Å². The Morgan fingerprint density at radius 3 is 1.93 bits per heavy atom. The first-order valence-electron chi connectivity index (χ1n) is 3.58. The van der Waals surface area contributed by atoms with Crippen molar-refractivity contribution in [3.63, 3.8) is 0 Å². The minimum absolute atomic E-state index is 0.109. The molecule has 0 aromatic rings. The van der Waals surface area contributed by atoms with Crippen molar-refractivity contribution in [2.45, 2.75) is 0 Å². The van der Waals surface area contributed by atoms with Crippen LogP contribution in [-0.4, -0.2) is 48.1 Å². The molecule has 0 spiro atoms. The first-order valence-corrected chi connectivity index (χ1v) is 3.58. The number of carbonyl (C=O) groups is 3. The van der Waals surface area contributed by atoms with Gasteiger partial charge in [-0.15, -0.1) is 0 Å². The van der Waals surface area contributed by atoms with Gasteiger partial charge in [0.2, 0.25) is 0 Å². The highest BCUT2D eigenvalue weighted by molar-refractivity contribution is 6.60. The van der Waals surface area contributed by atoms with Crippen molar-refractivity contribution in [2.24, 2.45) is 0 Å². The number of hydrogen-bond acceptors (Lipinski definition) is 3. The molecule has 4 amide bonds. The van der Waals surface area contributed by atoms with E-state index in [1.807, 2.05) is 0 Å². The molecule has 0 radical (unpaired) electrons. The van der Waals surface area contributed by atoms with Crippen molar-refractivity contribution in [1.82, 2.24) is 9.80 Å². The van der Waals surface area contributed by atoms with Gasteiger partial charge in [-0.1, -0.05) is 0 Å². The fourth-order valence-corrected chi connectivity index (χ4v) is 0.982. The molecule has 1 rings (SSSR count). The normalized spacial score (nSPS) is 18.4. The topological polar surface area (TPSA) is 57.7 Å². The summed E-state index contributed by atoms with van der Waals surface area (Å²) in [5, 5.41) is 0. The molecule has 1 fully saturated rings. The Labute approximate surface area is 76.5 Å². The zero-order valence-corrected chi connectivity index (χ0v) is 7.04. The lowest BCUT2D eigenvalue weighted by molar-refractivity contribution is -0.142. The van der Waals surface area contributed by atoms with E-state index in [4.69, 9.17) is 0 Å². The van der Waals surface area contributed by atoms with Gasteiger partial charge in [0.05, 0.1) is 0 Å². The van der Waals surface area contributed by atoms with Gasteiger partial charge in [-0.25, -0.2) is 4.79 Å². The van der Waals surface area contributed by atoms with Crippen LogP contribution in [0.5, 0.6) is 0 Å². The maximum Gasteiger partial charge on any atom is 0.497 e. The third kappa shape index (κ3) is 1.70. The van der Waals surface area contributed by atoms with Crippen LogP contribution in [0.1, 0.15) is 0 Å². The van der Waals surface area contributed by atoms with Crippen molar-refractivity contribution in [3.8, 4) is 0 Å². The molecule has 1 aliphatic rings. The molecular weight excluding hydrogens is 204 g/mol. The number of carbonyl (C=O) groups excluding carboxylic acids is 3. The average molecular weight is 209 g/mol. The summed E-state index contributed by atoms with van der Waals surface area (Å²) in [7, 11) is 0.950. The van der Waals surface area contributed by atoms with Crippen LogP contribution in [0.4, 0.5) is 17.7 Å². The minimum atomic E-state index is -5.31. The summed E-state index contributed by atoms with van der Waals surface area (Å²) in [5.74, 6) is -2.67. The lowest BCUT2D eigenvalue weighted by atomic mass is 9.91. The summed E-state index contributed by atoms with van der Waals surface area (Å²) in [6, 6.07) is -1.24. The van der Waals surface area contributed by atoms with E-state index in [2.05, 4.69) is 0 Å². The fraction of sp³-hybridized carbons (Fsp3) is 0.400. The van der Waals surface area contributed by atoms with E-state index in [0.29, 0.717) is 4.90 Å². The van der Waals surface area contributed by atoms with Gasteiger partial charge < -0.3 is 12.9 Å². The van der Waals surface area contributed by atoms with Crippen LogP contribution in [0, 0.1) is 0 Å². The number of imide groups is 2. The van der Waals surface area contributed by atoms with Gasteiger partial charge in [-0.2, -0.15) is 0 Å². The highest BCUT2D eigenvalue weighted by Gasteiger charge is 2.45. The molecule has 14 heavy (non-hydrogen) atoms. The van der Waals surface area contributed by atoms with Crippen LogP contribution in [0.2, 0.25) is 0 Å². The molecule has 78 valence electrons. The molecule has 1 heterocycles. The number of halogens is 3. The second-order valence-electron chi connectivity index (χ2n) is 2.77.